The van der Waals surface area contributed by atoms with Crippen LogP contribution in [0.3, 0.4) is 0 Å². The van der Waals surface area contributed by atoms with Crippen LogP contribution in [0, 0.1) is 0 Å². The van der Waals surface area contributed by atoms with E-state index in [9.17, 15) is 9.90 Å². The van der Waals surface area contributed by atoms with Crippen LogP contribution in [-0.4, -0.2) is 35.4 Å². The summed E-state index contributed by atoms with van der Waals surface area (Å²) < 4.78 is 5.35. The number of benzene rings is 2. The molecule has 0 radical (unpaired) electrons. The molecule has 5 nitrogen and oxygen atoms in total. The van der Waals surface area contributed by atoms with E-state index in [2.05, 4.69) is 5.10 Å². The van der Waals surface area contributed by atoms with Gasteiger partial charge in [0.05, 0.1) is 25.8 Å². The van der Waals surface area contributed by atoms with Crippen molar-refractivity contribution in [3.63, 3.8) is 0 Å². The Morgan fingerprint density at radius 3 is 2.75 bits per heavy atom. The standard InChI is InChI=1S/C18H17ClN2O3/c1-24-17-7-4-13(19)11-15(17)16-8-9-21(20-16)18(23)10-12-2-5-14(22)6-3-12/h2-7,11,22H,8-10H2,1H3. The van der Waals surface area contributed by atoms with Gasteiger partial charge in [-0.2, -0.15) is 5.10 Å². The Hall–Kier alpha value is -2.53. The van der Waals surface area contributed by atoms with Crippen molar-refractivity contribution in [2.24, 2.45) is 5.10 Å². The van der Waals surface area contributed by atoms with Gasteiger partial charge < -0.3 is 9.84 Å². The van der Waals surface area contributed by atoms with E-state index in [0.29, 0.717) is 23.7 Å². The van der Waals surface area contributed by atoms with Crippen molar-refractivity contribution in [2.75, 3.05) is 13.7 Å². The quantitative estimate of drug-likeness (QED) is 0.926. The van der Waals surface area contributed by atoms with Gasteiger partial charge in [-0.15, -0.1) is 0 Å². The molecule has 0 aromatic heterocycles. The van der Waals surface area contributed by atoms with Crippen LogP contribution < -0.4 is 4.74 Å². The first-order chi connectivity index (χ1) is 11.6. The van der Waals surface area contributed by atoms with Crippen LogP contribution in [0.4, 0.5) is 0 Å². The molecular weight excluding hydrogens is 328 g/mol. The van der Waals surface area contributed by atoms with Gasteiger partial charge in [0.1, 0.15) is 11.5 Å². The molecule has 0 aliphatic carbocycles. The highest BCUT2D eigenvalue weighted by Crippen LogP contribution is 2.27. The van der Waals surface area contributed by atoms with Crippen LogP contribution in [0.5, 0.6) is 11.5 Å². The molecule has 6 heteroatoms. The van der Waals surface area contributed by atoms with Crippen LogP contribution in [-0.2, 0) is 11.2 Å². The average Bonchev–Trinajstić information content (AvgIpc) is 3.07. The second-order valence-corrected chi connectivity index (χ2v) is 5.94. The fourth-order valence-electron chi connectivity index (χ4n) is 2.61. The van der Waals surface area contributed by atoms with Gasteiger partial charge in [0, 0.05) is 17.0 Å². The molecule has 1 amide bonds. The van der Waals surface area contributed by atoms with Gasteiger partial charge in [-0.3, -0.25) is 4.79 Å². The normalized spacial score (nSPS) is 13.8. The summed E-state index contributed by atoms with van der Waals surface area (Å²) in [4.78, 5) is 12.4. The lowest BCUT2D eigenvalue weighted by Gasteiger charge is -2.11. The zero-order valence-electron chi connectivity index (χ0n) is 13.2. The Balaban J connectivity index is 1.76. The number of carbonyl (C=O) groups is 1. The second-order valence-electron chi connectivity index (χ2n) is 5.50. The average molecular weight is 345 g/mol. The van der Waals surface area contributed by atoms with Gasteiger partial charge in [-0.25, -0.2) is 5.01 Å². The number of phenolic OH excluding ortho intramolecular Hbond substituents is 1. The van der Waals surface area contributed by atoms with E-state index in [1.165, 1.54) is 5.01 Å². The maximum Gasteiger partial charge on any atom is 0.247 e. The Bertz CT molecular complexity index is 787. The summed E-state index contributed by atoms with van der Waals surface area (Å²) in [6.07, 6.45) is 0.891. The van der Waals surface area contributed by atoms with Gasteiger partial charge >= 0.3 is 0 Å². The number of rotatable bonds is 4. The summed E-state index contributed by atoms with van der Waals surface area (Å²) >= 11 is 6.06. The molecule has 1 heterocycles. The van der Waals surface area contributed by atoms with Crippen molar-refractivity contribution < 1.29 is 14.6 Å². The van der Waals surface area contributed by atoms with Crippen molar-refractivity contribution in [2.45, 2.75) is 12.8 Å². The Labute approximate surface area is 145 Å². The molecule has 0 unspecified atom stereocenters. The maximum absolute atomic E-state index is 12.4. The number of nitrogens with zero attached hydrogens (tertiary/aromatic N) is 2. The van der Waals surface area contributed by atoms with E-state index in [1.807, 2.05) is 0 Å². The first kappa shape index (κ1) is 16.3. The van der Waals surface area contributed by atoms with Gasteiger partial charge in [0.15, 0.2) is 0 Å². The number of carbonyl (C=O) groups excluding carboxylic acids is 1. The van der Waals surface area contributed by atoms with Gasteiger partial charge in [-0.1, -0.05) is 23.7 Å². The van der Waals surface area contributed by atoms with Crippen LogP contribution in [0.25, 0.3) is 0 Å². The molecule has 1 N–H and O–H groups in total. The zero-order valence-corrected chi connectivity index (χ0v) is 14.0. The summed E-state index contributed by atoms with van der Waals surface area (Å²) in [6, 6.07) is 11.9. The Morgan fingerprint density at radius 1 is 1.29 bits per heavy atom. The predicted molar refractivity (Wildman–Crippen MR) is 92.7 cm³/mol. The first-order valence-electron chi connectivity index (χ1n) is 7.56. The molecule has 24 heavy (non-hydrogen) atoms. The number of hydrogen-bond acceptors (Lipinski definition) is 4. The lowest BCUT2D eigenvalue weighted by Crippen LogP contribution is -2.25. The third kappa shape index (κ3) is 3.51. The summed E-state index contributed by atoms with van der Waals surface area (Å²) in [5.74, 6) is 0.781. The first-order valence-corrected chi connectivity index (χ1v) is 7.94. The van der Waals surface area contributed by atoms with E-state index >= 15 is 0 Å². The maximum atomic E-state index is 12.4. The fourth-order valence-corrected chi connectivity index (χ4v) is 2.78. The van der Waals surface area contributed by atoms with Crippen LogP contribution in [0.15, 0.2) is 47.6 Å². The van der Waals surface area contributed by atoms with Crippen LogP contribution >= 0.6 is 11.6 Å². The van der Waals surface area contributed by atoms with Crippen molar-refractivity contribution in [1.82, 2.24) is 5.01 Å². The molecule has 2 aromatic rings. The summed E-state index contributed by atoms with van der Waals surface area (Å²) in [7, 11) is 1.59. The molecule has 0 atom stereocenters. The molecule has 0 fully saturated rings. The van der Waals surface area contributed by atoms with Crippen molar-refractivity contribution in [3.8, 4) is 11.5 Å². The number of methoxy groups -OCH3 is 1. The third-order valence-corrected chi connectivity index (χ3v) is 4.09. The lowest BCUT2D eigenvalue weighted by molar-refractivity contribution is -0.130. The molecule has 3 rings (SSSR count). The molecule has 1 aliphatic heterocycles. The Kier molecular flexibility index (Phi) is 4.71. The largest absolute Gasteiger partial charge is 0.508 e. The number of ether oxygens (including phenoxy) is 1. The molecule has 0 saturated heterocycles. The van der Waals surface area contributed by atoms with E-state index in [-0.39, 0.29) is 18.1 Å². The summed E-state index contributed by atoms with van der Waals surface area (Å²) in [5.41, 5.74) is 2.43. The summed E-state index contributed by atoms with van der Waals surface area (Å²) in [5, 5.41) is 15.8. The van der Waals surface area contributed by atoms with Crippen molar-refractivity contribution in [3.05, 3.63) is 58.6 Å². The summed E-state index contributed by atoms with van der Waals surface area (Å²) in [6.45, 7) is 0.530. The second kappa shape index (κ2) is 6.93. The molecule has 0 saturated carbocycles. The molecule has 0 spiro atoms. The minimum Gasteiger partial charge on any atom is -0.508 e. The third-order valence-electron chi connectivity index (χ3n) is 3.85. The molecule has 1 aliphatic rings. The van der Waals surface area contributed by atoms with E-state index in [1.54, 1.807) is 49.6 Å². The van der Waals surface area contributed by atoms with Gasteiger partial charge in [0.2, 0.25) is 5.91 Å². The minimum absolute atomic E-state index is 0.0864. The monoisotopic (exact) mass is 344 g/mol. The molecule has 0 bridgehead atoms. The SMILES string of the molecule is COc1ccc(Cl)cc1C1=NN(C(=O)Cc2ccc(O)cc2)CC1. The van der Waals surface area contributed by atoms with Crippen LogP contribution in [0.2, 0.25) is 5.02 Å². The number of amides is 1. The Morgan fingerprint density at radius 2 is 2.04 bits per heavy atom. The van der Waals surface area contributed by atoms with Crippen molar-refractivity contribution in [1.29, 1.82) is 0 Å². The molecule has 2 aromatic carbocycles. The highest BCUT2D eigenvalue weighted by molar-refractivity contribution is 6.31. The number of hydrazone groups is 1. The van der Waals surface area contributed by atoms with Gasteiger partial charge in [0.25, 0.3) is 0 Å². The zero-order chi connectivity index (χ0) is 17.1. The number of hydrogen-bond donors (Lipinski definition) is 1. The highest BCUT2D eigenvalue weighted by atomic mass is 35.5. The van der Waals surface area contributed by atoms with E-state index in [0.717, 1.165) is 16.8 Å². The number of phenols is 1. The molecular formula is C18H17ClN2O3. The lowest BCUT2D eigenvalue weighted by atomic mass is 10.1. The van der Waals surface area contributed by atoms with Crippen molar-refractivity contribution >= 4 is 23.2 Å². The number of aromatic hydroxyl groups is 1. The minimum atomic E-state index is -0.0864. The van der Waals surface area contributed by atoms with Gasteiger partial charge in [-0.05, 0) is 35.9 Å². The van der Waals surface area contributed by atoms with E-state index in [4.69, 9.17) is 16.3 Å². The number of halogens is 1. The van der Waals surface area contributed by atoms with E-state index < -0.39 is 0 Å². The topological polar surface area (TPSA) is 62.1 Å². The predicted octanol–water partition coefficient (Wildman–Crippen LogP) is 3.23. The molecule has 124 valence electrons. The highest BCUT2D eigenvalue weighted by Gasteiger charge is 2.23. The fraction of sp³-hybridized carbons (Fsp3) is 0.222. The smallest absolute Gasteiger partial charge is 0.247 e. The van der Waals surface area contributed by atoms with Crippen LogP contribution in [0.1, 0.15) is 17.5 Å².